The molecule has 1 aromatic heterocycles. The average Bonchev–Trinajstić information content (AvgIpc) is 3.24. The van der Waals surface area contributed by atoms with Crippen LogP contribution >= 0.6 is 0 Å². The van der Waals surface area contributed by atoms with Crippen LogP contribution in [0.3, 0.4) is 0 Å². The maximum absolute atomic E-state index is 14.2. The molecule has 0 aliphatic heterocycles. The SMILES string of the molecule is NS(=O)(=O)CCc1ccc(CC(=O)CCc2ccc(C(F)(F)F)nc2OC2CCCC2)cc1F. The van der Waals surface area contributed by atoms with Crippen LogP contribution in [0.4, 0.5) is 17.6 Å². The molecule has 0 bridgehead atoms. The minimum atomic E-state index is -4.60. The summed E-state index contributed by atoms with van der Waals surface area (Å²) in [5.74, 6) is -1.36. The lowest BCUT2D eigenvalue weighted by atomic mass is 10.0. The zero-order chi connectivity index (χ0) is 24.9. The molecule has 1 aliphatic carbocycles. The highest BCUT2D eigenvalue weighted by Crippen LogP contribution is 2.32. The molecule has 11 heteroatoms. The predicted molar refractivity (Wildman–Crippen MR) is 117 cm³/mol. The number of carbonyl (C=O) groups is 1. The van der Waals surface area contributed by atoms with E-state index in [1.165, 1.54) is 24.3 Å². The normalized spacial score (nSPS) is 15.0. The van der Waals surface area contributed by atoms with Crippen LogP contribution in [0.5, 0.6) is 5.88 Å². The number of halogens is 4. The Bertz CT molecular complexity index is 1130. The third-order valence-corrected chi connectivity index (χ3v) is 6.43. The number of primary sulfonamides is 1. The summed E-state index contributed by atoms with van der Waals surface area (Å²) in [6, 6.07) is 6.28. The van der Waals surface area contributed by atoms with Gasteiger partial charge in [-0.1, -0.05) is 18.2 Å². The van der Waals surface area contributed by atoms with Gasteiger partial charge in [0, 0.05) is 18.4 Å². The van der Waals surface area contributed by atoms with Crippen LogP contribution in [0.15, 0.2) is 30.3 Å². The van der Waals surface area contributed by atoms with E-state index in [2.05, 4.69) is 4.98 Å². The van der Waals surface area contributed by atoms with Gasteiger partial charge in [-0.25, -0.2) is 22.9 Å². The maximum atomic E-state index is 14.2. The molecule has 1 fully saturated rings. The molecule has 186 valence electrons. The highest BCUT2D eigenvalue weighted by atomic mass is 32.2. The van der Waals surface area contributed by atoms with Crippen LogP contribution < -0.4 is 9.88 Å². The number of ether oxygens (including phenoxy) is 1. The summed E-state index contributed by atoms with van der Waals surface area (Å²) in [7, 11) is -3.72. The topological polar surface area (TPSA) is 99.4 Å². The standard InChI is InChI=1S/C23H26F4N2O4S/c24-20-14-15(5-6-16(20)11-12-34(28,31)32)13-18(30)9-7-17-8-10-21(23(25,26)27)29-22(17)33-19-3-1-2-4-19/h5-6,8,10,14,19H,1-4,7,9,11-13H2,(H2,28,31,32). The van der Waals surface area contributed by atoms with Crippen molar-refractivity contribution in [3.63, 3.8) is 0 Å². The van der Waals surface area contributed by atoms with E-state index >= 15 is 0 Å². The lowest BCUT2D eigenvalue weighted by Crippen LogP contribution is -2.18. The monoisotopic (exact) mass is 502 g/mol. The summed E-state index contributed by atoms with van der Waals surface area (Å²) >= 11 is 0. The molecule has 1 aromatic carbocycles. The number of aromatic nitrogens is 1. The average molecular weight is 503 g/mol. The van der Waals surface area contributed by atoms with E-state index in [9.17, 15) is 30.8 Å². The highest BCUT2D eigenvalue weighted by Gasteiger charge is 2.33. The van der Waals surface area contributed by atoms with Crippen molar-refractivity contribution < 1.29 is 35.5 Å². The zero-order valence-electron chi connectivity index (χ0n) is 18.4. The molecule has 1 heterocycles. The first-order valence-corrected chi connectivity index (χ1v) is 12.7. The largest absolute Gasteiger partial charge is 0.474 e. The lowest BCUT2D eigenvalue weighted by molar-refractivity contribution is -0.141. The molecule has 0 amide bonds. The first-order chi connectivity index (χ1) is 15.9. The Balaban J connectivity index is 1.64. The fourth-order valence-corrected chi connectivity index (χ4v) is 4.33. The van der Waals surface area contributed by atoms with Crippen molar-refractivity contribution in [2.45, 2.75) is 63.6 Å². The van der Waals surface area contributed by atoms with Gasteiger partial charge in [-0.05, 0) is 61.8 Å². The Kier molecular flexibility index (Phi) is 8.29. The molecule has 1 aliphatic rings. The number of sulfonamides is 1. The summed E-state index contributed by atoms with van der Waals surface area (Å²) < 4.78 is 81.4. The minimum Gasteiger partial charge on any atom is -0.474 e. The minimum absolute atomic E-state index is 0.0167. The van der Waals surface area contributed by atoms with Crippen molar-refractivity contribution in [2.75, 3.05) is 5.75 Å². The maximum Gasteiger partial charge on any atom is 0.433 e. The molecule has 0 atom stereocenters. The number of nitrogens with zero attached hydrogens (tertiary/aromatic N) is 1. The smallest absolute Gasteiger partial charge is 0.433 e. The number of ketones is 1. The van der Waals surface area contributed by atoms with Crippen molar-refractivity contribution >= 4 is 15.8 Å². The number of hydrogen-bond acceptors (Lipinski definition) is 5. The van der Waals surface area contributed by atoms with E-state index in [1.54, 1.807) is 0 Å². The number of carbonyl (C=O) groups excluding carboxylic acids is 1. The number of nitrogens with two attached hydrogens (primary N) is 1. The summed E-state index contributed by atoms with van der Waals surface area (Å²) in [6.07, 6.45) is -1.42. The van der Waals surface area contributed by atoms with Crippen molar-refractivity contribution in [1.82, 2.24) is 4.98 Å². The molecule has 2 N–H and O–H groups in total. The van der Waals surface area contributed by atoms with Crippen LogP contribution in [0.1, 0.15) is 54.5 Å². The van der Waals surface area contributed by atoms with Crippen LogP contribution in [0, 0.1) is 5.82 Å². The van der Waals surface area contributed by atoms with Gasteiger partial charge >= 0.3 is 6.18 Å². The summed E-state index contributed by atoms with van der Waals surface area (Å²) in [5.41, 5.74) is -0.0454. The second kappa shape index (κ2) is 10.8. The molecule has 1 saturated carbocycles. The molecule has 2 aromatic rings. The Morgan fingerprint density at radius 2 is 1.76 bits per heavy atom. The van der Waals surface area contributed by atoms with Crippen LogP contribution in [-0.2, 0) is 40.3 Å². The quantitative estimate of drug-likeness (QED) is 0.493. The Morgan fingerprint density at radius 1 is 1.09 bits per heavy atom. The number of rotatable bonds is 10. The molecule has 0 unspecified atom stereocenters. The molecular formula is C23H26F4N2O4S. The van der Waals surface area contributed by atoms with Gasteiger partial charge in [-0.3, -0.25) is 4.79 Å². The zero-order valence-corrected chi connectivity index (χ0v) is 19.2. The number of aryl methyl sites for hydroxylation is 2. The third kappa shape index (κ3) is 7.76. The first kappa shape index (κ1) is 26.1. The van der Waals surface area contributed by atoms with Crippen LogP contribution in [0.25, 0.3) is 0 Å². The van der Waals surface area contributed by atoms with Gasteiger partial charge in [-0.2, -0.15) is 13.2 Å². The summed E-state index contributed by atoms with van der Waals surface area (Å²) in [5, 5.41) is 4.93. The summed E-state index contributed by atoms with van der Waals surface area (Å²) in [6.45, 7) is 0. The molecule has 0 radical (unpaired) electrons. The van der Waals surface area contributed by atoms with Gasteiger partial charge < -0.3 is 4.74 Å². The van der Waals surface area contributed by atoms with Crippen LogP contribution in [-0.4, -0.2) is 31.0 Å². The number of Topliss-reactive ketones (excluding diaryl/α,β-unsaturated/α-hetero) is 1. The number of pyridine rings is 1. The van der Waals surface area contributed by atoms with Gasteiger partial charge in [0.15, 0.2) is 0 Å². The van der Waals surface area contributed by atoms with Gasteiger partial charge in [0.1, 0.15) is 23.4 Å². The first-order valence-electron chi connectivity index (χ1n) is 10.9. The van der Waals surface area contributed by atoms with Gasteiger partial charge in [-0.15, -0.1) is 0 Å². The van der Waals surface area contributed by atoms with E-state index in [-0.39, 0.29) is 49.0 Å². The van der Waals surface area contributed by atoms with E-state index in [4.69, 9.17) is 9.88 Å². The Morgan fingerprint density at radius 3 is 2.38 bits per heavy atom. The van der Waals surface area contributed by atoms with Crippen molar-refractivity contribution in [2.24, 2.45) is 5.14 Å². The van der Waals surface area contributed by atoms with E-state index in [1.807, 2.05) is 0 Å². The fourth-order valence-electron chi connectivity index (χ4n) is 3.83. The number of hydrogen-bond donors (Lipinski definition) is 1. The predicted octanol–water partition coefficient (Wildman–Crippen LogP) is 4.14. The van der Waals surface area contributed by atoms with Crippen molar-refractivity contribution in [3.8, 4) is 5.88 Å². The molecule has 6 nitrogen and oxygen atoms in total. The molecule has 3 rings (SSSR count). The van der Waals surface area contributed by atoms with E-state index in [0.29, 0.717) is 11.1 Å². The van der Waals surface area contributed by atoms with E-state index in [0.717, 1.165) is 31.7 Å². The molecule has 0 spiro atoms. The highest BCUT2D eigenvalue weighted by molar-refractivity contribution is 7.89. The fraction of sp³-hybridized carbons (Fsp3) is 0.478. The number of benzene rings is 1. The van der Waals surface area contributed by atoms with Gasteiger partial charge in [0.25, 0.3) is 0 Å². The second-order valence-corrected chi connectivity index (χ2v) is 10.2. The van der Waals surface area contributed by atoms with Crippen molar-refractivity contribution in [3.05, 3.63) is 58.5 Å². The third-order valence-electron chi connectivity index (χ3n) is 5.66. The summed E-state index contributed by atoms with van der Waals surface area (Å²) in [4.78, 5) is 16.1. The van der Waals surface area contributed by atoms with Crippen molar-refractivity contribution in [1.29, 1.82) is 0 Å². The number of alkyl halides is 3. The van der Waals surface area contributed by atoms with Gasteiger partial charge in [0.05, 0.1) is 5.75 Å². The van der Waals surface area contributed by atoms with Crippen LogP contribution in [0.2, 0.25) is 0 Å². The second-order valence-electron chi connectivity index (χ2n) is 8.44. The molecular weight excluding hydrogens is 476 g/mol. The van der Waals surface area contributed by atoms with E-state index < -0.39 is 33.5 Å². The Hall–Kier alpha value is -2.53. The Labute approximate surface area is 195 Å². The molecule has 0 saturated heterocycles. The lowest BCUT2D eigenvalue weighted by Gasteiger charge is -2.17. The molecule has 34 heavy (non-hydrogen) atoms. The van der Waals surface area contributed by atoms with Gasteiger partial charge in [0.2, 0.25) is 15.9 Å².